The summed E-state index contributed by atoms with van der Waals surface area (Å²) in [5, 5.41) is 0.174. The monoisotopic (exact) mass is 377 g/mol. The first kappa shape index (κ1) is 15.0. The quantitative estimate of drug-likeness (QED) is 0.884. The van der Waals surface area contributed by atoms with Gasteiger partial charge in [-0.25, -0.2) is 18.4 Å². The van der Waals surface area contributed by atoms with Gasteiger partial charge in [0, 0.05) is 4.47 Å². The Bertz CT molecular complexity index is 722. The van der Waals surface area contributed by atoms with Gasteiger partial charge < -0.3 is 4.74 Å². The number of anilines is 1. The topological polar surface area (TPSA) is 81.2 Å². The second-order valence-electron chi connectivity index (χ2n) is 3.63. The van der Waals surface area contributed by atoms with E-state index in [2.05, 4.69) is 30.6 Å². The van der Waals surface area contributed by atoms with Crippen molar-refractivity contribution in [3.8, 4) is 5.75 Å². The molecular formula is C11H9BrClN3O3S. The molecule has 0 aliphatic carbocycles. The molecule has 0 aliphatic heterocycles. The highest BCUT2D eigenvalue weighted by atomic mass is 79.9. The predicted molar refractivity (Wildman–Crippen MR) is 78.5 cm³/mol. The number of rotatable bonds is 4. The van der Waals surface area contributed by atoms with Crippen LogP contribution in [0.1, 0.15) is 0 Å². The maximum atomic E-state index is 12.3. The van der Waals surface area contributed by atoms with Crippen LogP contribution in [0.15, 0.2) is 40.0 Å². The molecule has 106 valence electrons. The third kappa shape index (κ3) is 3.38. The van der Waals surface area contributed by atoms with Gasteiger partial charge in [-0.1, -0.05) is 27.5 Å². The van der Waals surface area contributed by atoms with Gasteiger partial charge in [0.1, 0.15) is 15.8 Å². The van der Waals surface area contributed by atoms with Gasteiger partial charge in [0.2, 0.25) is 0 Å². The van der Waals surface area contributed by atoms with Crippen molar-refractivity contribution in [3.63, 3.8) is 0 Å². The van der Waals surface area contributed by atoms with E-state index in [-0.39, 0.29) is 21.6 Å². The number of sulfonamides is 1. The number of nitrogens with zero attached hydrogens (tertiary/aromatic N) is 2. The van der Waals surface area contributed by atoms with E-state index in [9.17, 15) is 8.42 Å². The van der Waals surface area contributed by atoms with Crippen LogP contribution in [-0.4, -0.2) is 25.5 Å². The van der Waals surface area contributed by atoms with Crippen molar-refractivity contribution in [1.29, 1.82) is 0 Å². The lowest BCUT2D eigenvalue weighted by Crippen LogP contribution is -2.15. The molecule has 1 N–H and O–H groups in total. The first-order valence-electron chi connectivity index (χ1n) is 5.26. The van der Waals surface area contributed by atoms with Crippen LogP contribution in [0.5, 0.6) is 5.75 Å². The van der Waals surface area contributed by atoms with E-state index in [0.29, 0.717) is 4.47 Å². The summed E-state index contributed by atoms with van der Waals surface area (Å²) in [5.74, 6) is 0.291. The minimum atomic E-state index is -3.84. The molecule has 0 amide bonds. The zero-order valence-corrected chi connectivity index (χ0v) is 13.3. The number of hydrogen-bond donors (Lipinski definition) is 1. The maximum absolute atomic E-state index is 12.3. The number of nitrogens with one attached hydrogen (secondary N) is 1. The molecule has 9 heteroatoms. The summed E-state index contributed by atoms with van der Waals surface area (Å²) in [6.07, 6.45) is 2.47. The molecule has 1 aromatic heterocycles. The van der Waals surface area contributed by atoms with Gasteiger partial charge >= 0.3 is 0 Å². The molecule has 0 bridgehead atoms. The van der Waals surface area contributed by atoms with Crippen molar-refractivity contribution in [2.45, 2.75) is 4.90 Å². The Hall–Kier alpha value is -1.38. The van der Waals surface area contributed by atoms with E-state index in [0.717, 1.165) is 0 Å². The van der Waals surface area contributed by atoms with Crippen LogP contribution in [0.25, 0.3) is 0 Å². The molecule has 0 unspecified atom stereocenters. The Labute approximate surface area is 129 Å². The molecule has 0 saturated heterocycles. The van der Waals surface area contributed by atoms with Gasteiger partial charge in [-0.2, -0.15) is 0 Å². The first-order valence-corrected chi connectivity index (χ1v) is 7.92. The molecule has 0 spiro atoms. The van der Waals surface area contributed by atoms with Gasteiger partial charge in [-0.3, -0.25) is 4.72 Å². The highest BCUT2D eigenvalue weighted by molar-refractivity contribution is 9.10. The second kappa shape index (κ2) is 5.94. The molecule has 2 rings (SSSR count). The van der Waals surface area contributed by atoms with E-state index < -0.39 is 10.0 Å². The zero-order chi connectivity index (χ0) is 14.8. The summed E-state index contributed by atoms with van der Waals surface area (Å²) in [7, 11) is -2.45. The van der Waals surface area contributed by atoms with Crippen LogP contribution in [0.3, 0.4) is 0 Å². The molecule has 0 aliphatic rings. The molecule has 1 heterocycles. The third-order valence-electron chi connectivity index (χ3n) is 2.27. The van der Waals surface area contributed by atoms with Crippen LogP contribution in [0.4, 0.5) is 5.82 Å². The molecule has 0 fully saturated rings. The maximum Gasteiger partial charge on any atom is 0.266 e. The zero-order valence-electron chi connectivity index (χ0n) is 10.2. The van der Waals surface area contributed by atoms with E-state index in [4.69, 9.17) is 16.3 Å². The van der Waals surface area contributed by atoms with Crippen LogP contribution in [-0.2, 0) is 10.0 Å². The molecule has 0 radical (unpaired) electrons. The summed E-state index contributed by atoms with van der Waals surface area (Å²) < 4.78 is 32.6. The van der Waals surface area contributed by atoms with Crippen molar-refractivity contribution in [3.05, 3.63) is 40.2 Å². The molecule has 0 saturated carbocycles. The summed E-state index contributed by atoms with van der Waals surface area (Å²) >= 11 is 8.81. The van der Waals surface area contributed by atoms with Gasteiger partial charge in [-0.15, -0.1) is 0 Å². The van der Waals surface area contributed by atoms with Gasteiger partial charge in [0.15, 0.2) is 5.82 Å². The fourth-order valence-electron chi connectivity index (χ4n) is 1.42. The van der Waals surface area contributed by atoms with Crippen LogP contribution in [0, 0.1) is 0 Å². The number of halogens is 2. The minimum Gasteiger partial charge on any atom is -0.495 e. The molecule has 0 atom stereocenters. The van der Waals surface area contributed by atoms with Crippen molar-refractivity contribution in [1.82, 2.24) is 9.97 Å². The highest BCUT2D eigenvalue weighted by Crippen LogP contribution is 2.28. The number of benzene rings is 1. The Morgan fingerprint density at radius 2 is 2.05 bits per heavy atom. The summed E-state index contributed by atoms with van der Waals surface area (Å²) in [5.41, 5.74) is 0. The van der Waals surface area contributed by atoms with E-state index in [1.807, 2.05) is 0 Å². The van der Waals surface area contributed by atoms with Crippen LogP contribution < -0.4 is 9.46 Å². The van der Waals surface area contributed by atoms with Gasteiger partial charge in [0.05, 0.1) is 19.5 Å². The third-order valence-corrected chi connectivity index (χ3v) is 4.34. The number of methoxy groups -OCH3 is 1. The Kier molecular flexibility index (Phi) is 4.46. The summed E-state index contributed by atoms with van der Waals surface area (Å²) in [6.45, 7) is 0. The van der Waals surface area contributed by atoms with Crippen molar-refractivity contribution < 1.29 is 13.2 Å². The molecule has 2 aromatic rings. The average Bonchev–Trinajstić information content (AvgIpc) is 2.41. The van der Waals surface area contributed by atoms with Gasteiger partial charge in [-0.05, 0) is 18.2 Å². The minimum absolute atomic E-state index is 0.00822. The van der Waals surface area contributed by atoms with Crippen molar-refractivity contribution in [2.75, 3.05) is 11.8 Å². The number of aromatic nitrogens is 2. The standard InChI is InChI=1S/C11H9BrClN3O3S/c1-19-8-3-2-7(12)4-9(8)20(17,18)16-11-6-14-10(13)5-15-11/h2-6H,1H3,(H,15,16). The lowest BCUT2D eigenvalue weighted by molar-refractivity contribution is 0.403. The number of ether oxygens (including phenoxy) is 1. The normalized spacial score (nSPS) is 11.2. The summed E-state index contributed by atoms with van der Waals surface area (Å²) in [4.78, 5) is 7.57. The van der Waals surface area contributed by atoms with Crippen molar-refractivity contribution in [2.24, 2.45) is 0 Å². The molecule has 6 nitrogen and oxygen atoms in total. The summed E-state index contributed by atoms with van der Waals surface area (Å²) in [6, 6.07) is 4.66. The predicted octanol–water partition coefficient (Wildman–Crippen LogP) is 2.70. The van der Waals surface area contributed by atoms with E-state index in [1.54, 1.807) is 12.1 Å². The molecule has 20 heavy (non-hydrogen) atoms. The largest absolute Gasteiger partial charge is 0.495 e. The Morgan fingerprint density at radius 3 is 2.65 bits per heavy atom. The number of hydrogen-bond acceptors (Lipinski definition) is 5. The fraction of sp³-hybridized carbons (Fsp3) is 0.0909. The lowest BCUT2D eigenvalue weighted by Gasteiger charge is -2.11. The Balaban J connectivity index is 2.40. The van der Waals surface area contributed by atoms with E-state index >= 15 is 0 Å². The van der Waals surface area contributed by atoms with E-state index in [1.165, 1.54) is 25.6 Å². The highest BCUT2D eigenvalue weighted by Gasteiger charge is 2.20. The molecular weight excluding hydrogens is 370 g/mol. The Morgan fingerprint density at radius 1 is 1.30 bits per heavy atom. The first-order chi connectivity index (χ1) is 9.42. The van der Waals surface area contributed by atoms with Crippen LogP contribution >= 0.6 is 27.5 Å². The molecule has 1 aromatic carbocycles. The smallest absolute Gasteiger partial charge is 0.266 e. The van der Waals surface area contributed by atoms with Crippen molar-refractivity contribution >= 4 is 43.4 Å². The second-order valence-corrected chi connectivity index (χ2v) is 6.58. The van der Waals surface area contributed by atoms with Crippen LogP contribution in [0.2, 0.25) is 5.15 Å². The average molecular weight is 379 g/mol. The lowest BCUT2D eigenvalue weighted by atomic mass is 10.3. The van der Waals surface area contributed by atoms with Gasteiger partial charge in [0.25, 0.3) is 10.0 Å². The SMILES string of the molecule is COc1ccc(Br)cc1S(=O)(=O)Nc1cnc(Cl)cn1. The fourth-order valence-corrected chi connectivity index (χ4v) is 3.22.